The Balaban J connectivity index is 1.80. The third-order valence-corrected chi connectivity index (χ3v) is 6.21. The molecule has 1 aromatic carbocycles. The molecular weight excluding hydrogens is 366 g/mol. The average molecular weight is 389 g/mol. The van der Waals surface area contributed by atoms with E-state index in [1.807, 2.05) is 13.0 Å². The van der Waals surface area contributed by atoms with Crippen molar-refractivity contribution in [1.29, 1.82) is 0 Å². The molecule has 1 atom stereocenters. The number of carbonyl (C=O) groups is 1. The van der Waals surface area contributed by atoms with E-state index in [4.69, 9.17) is 4.74 Å². The molecule has 0 aliphatic carbocycles. The van der Waals surface area contributed by atoms with Gasteiger partial charge < -0.3 is 10.1 Å². The number of hydrogen-bond donors (Lipinski definition) is 1. The van der Waals surface area contributed by atoms with Gasteiger partial charge in [0.25, 0.3) is 5.91 Å². The van der Waals surface area contributed by atoms with Crippen LogP contribution in [0.1, 0.15) is 31.9 Å². The van der Waals surface area contributed by atoms with Crippen molar-refractivity contribution in [3.63, 3.8) is 0 Å². The maximum absolute atomic E-state index is 12.9. The summed E-state index contributed by atoms with van der Waals surface area (Å²) in [6, 6.07) is 9.88. The standard InChI is InChI=1S/C19H23N3O4S/c1-3-4-8-18-19(23)21-16-12-15(9-10-17(16)26-18)27(24,25)22(2)13-14-7-5-6-11-20-14/h5-7,9-12,18H,3-4,8,13H2,1-2H3,(H,21,23)/t18-/m1/s1. The molecule has 0 saturated carbocycles. The lowest BCUT2D eigenvalue weighted by molar-refractivity contribution is -0.123. The highest BCUT2D eigenvalue weighted by Gasteiger charge is 2.29. The molecule has 0 bridgehead atoms. The van der Waals surface area contributed by atoms with Crippen LogP contribution in [0.5, 0.6) is 5.75 Å². The molecule has 144 valence electrons. The van der Waals surface area contributed by atoms with Crippen molar-refractivity contribution in [3.8, 4) is 5.75 Å². The van der Waals surface area contributed by atoms with Crippen LogP contribution in [0.3, 0.4) is 0 Å². The molecule has 1 aliphatic rings. The Hall–Kier alpha value is -2.45. The number of aromatic nitrogens is 1. The Morgan fingerprint density at radius 3 is 2.78 bits per heavy atom. The molecule has 2 heterocycles. The number of unbranched alkanes of at least 4 members (excludes halogenated alkanes) is 1. The molecule has 0 unspecified atom stereocenters. The van der Waals surface area contributed by atoms with Crippen LogP contribution in [0.4, 0.5) is 5.69 Å². The number of fused-ring (bicyclic) bond motifs is 1. The van der Waals surface area contributed by atoms with E-state index in [1.54, 1.807) is 24.4 Å². The molecule has 3 rings (SSSR count). The van der Waals surface area contributed by atoms with Crippen LogP contribution >= 0.6 is 0 Å². The summed E-state index contributed by atoms with van der Waals surface area (Å²) in [5, 5.41) is 2.76. The van der Waals surface area contributed by atoms with Crippen molar-refractivity contribution < 1.29 is 17.9 Å². The summed E-state index contributed by atoms with van der Waals surface area (Å²) in [4.78, 5) is 16.4. The fourth-order valence-electron chi connectivity index (χ4n) is 2.85. The zero-order valence-corrected chi connectivity index (χ0v) is 16.2. The molecule has 1 aliphatic heterocycles. The first-order chi connectivity index (χ1) is 12.9. The number of rotatable bonds is 7. The van der Waals surface area contributed by atoms with Gasteiger partial charge in [-0.05, 0) is 43.2 Å². The van der Waals surface area contributed by atoms with Gasteiger partial charge in [0.2, 0.25) is 10.0 Å². The van der Waals surface area contributed by atoms with Gasteiger partial charge in [-0.25, -0.2) is 8.42 Å². The Kier molecular flexibility index (Phi) is 5.76. The second-order valence-corrected chi connectivity index (χ2v) is 8.52. The minimum atomic E-state index is -3.73. The molecule has 8 heteroatoms. The van der Waals surface area contributed by atoms with E-state index in [0.717, 1.165) is 12.8 Å². The number of nitrogens with one attached hydrogen (secondary N) is 1. The fraction of sp³-hybridized carbons (Fsp3) is 0.368. The maximum atomic E-state index is 12.9. The molecule has 0 radical (unpaired) electrons. The number of pyridine rings is 1. The molecule has 0 fully saturated rings. The summed E-state index contributed by atoms with van der Waals surface area (Å²) in [6.07, 6.45) is 3.58. The Labute approximate surface area is 159 Å². The summed E-state index contributed by atoms with van der Waals surface area (Å²) >= 11 is 0. The van der Waals surface area contributed by atoms with Gasteiger partial charge in [-0.15, -0.1) is 0 Å². The maximum Gasteiger partial charge on any atom is 0.265 e. The molecule has 0 spiro atoms. The monoisotopic (exact) mass is 389 g/mol. The van der Waals surface area contributed by atoms with Crippen molar-refractivity contribution in [2.45, 2.75) is 43.7 Å². The van der Waals surface area contributed by atoms with E-state index in [0.29, 0.717) is 23.6 Å². The highest BCUT2D eigenvalue weighted by atomic mass is 32.2. The first kappa shape index (κ1) is 19.3. The minimum absolute atomic E-state index is 0.0931. The third kappa shape index (κ3) is 4.28. The quantitative estimate of drug-likeness (QED) is 0.787. The highest BCUT2D eigenvalue weighted by Crippen LogP contribution is 2.33. The molecule has 2 aromatic rings. The molecular formula is C19H23N3O4S. The van der Waals surface area contributed by atoms with Gasteiger partial charge in [-0.2, -0.15) is 4.31 Å². The van der Waals surface area contributed by atoms with E-state index in [2.05, 4.69) is 10.3 Å². The average Bonchev–Trinajstić information content (AvgIpc) is 2.66. The van der Waals surface area contributed by atoms with Gasteiger partial charge in [-0.1, -0.05) is 19.4 Å². The highest BCUT2D eigenvalue weighted by molar-refractivity contribution is 7.89. The lowest BCUT2D eigenvalue weighted by atomic mass is 10.1. The molecule has 1 aromatic heterocycles. The lowest BCUT2D eigenvalue weighted by Gasteiger charge is -2.26. The van der Waals surface area contributed by atoms with E-state index < -0.39 is 16.1 Å². The predicted molar refractivity (Wildman–Crippen MR) is 102 cm³/mol. The number of benzene rings is 1. The Morgan fingerprint density at radius 1 is 1.26 bits per heavy atom. The van der Waals surface area contributed by atoms with Crippen molar-refractivity contribution in [2.24, 2.45) is 0 Å². The van der Waals surface area contributed by atoms with Gasteiger partial charge in [0.15, 0.2) is 6.10 Å². The van der Waals surface area contributed by atoms with Gasteiger partial charge >= 0.3 is 0 Å². The SMILES string of the molecule is CCCC[C@H]1Oc2ccc(S(=O)(=O)N(C)Cc3ccccn3)cc2NC1=O. The zero-order chi connectivity index (χ0) is 19.4. The van der Waals surface area contributed by atoms with Gasteiger partial charge in [0, 0.05) is 13.2 Å². The van der Waals surface area contributed by atoms with E-state index in [-0.39, 0.29) is 17.3 Å². The van der Waals surface area contributed by atoms with Crippen LogP contribution in [0, 0.1) is 0 Å². The van der Waals surface area contributed by atoms with E-state index >= 15 is 0 Å². The normalized spacial score (nSPS) is 16.6. The van der Waals surface area contributed by atoms with E-state index in [1.165, 1.54) is 23.5 Å². The van der Waals surface area contributed by atoms with Crippen LogP contribution in [0.25, 0.3) is 0 Å². The third-order valence-electron chi connectivity index (χ3n) is 4.41. The van der Waals surface area contributed by atoms with Crippen molar-refractivity contribution in [1.82, 2.24) is 9.29 Å². The van der Waals surface area contributed by atoms with Gasteiger partial charge in [0.05, 0.1) is 22.8 Å². The number of anilines is 1. The van der Waals surface area contributed by atoms with Gasteiger partial charge in [-0.3, -0.25) is 9.78 Å². The zero-order valence-electron chi connectivity index (χ0n) is 15.4. The number of amides is 1. The minimum Gasteiger partial charge on any atom is -0.478 e. The predicted octanol–water partition coefficient (Wildman–Crippen LogP) is 2.79. The molecule has 1 N–H and O–H groups in total. The lowest BCUT2D eigenvalue weighted by Crippen LogP contribution is -2.37. The van der Waals surface area contributed by atoms with Crippen LogP contribution in [0.15, 0.2) is 47.5 Å². The summed E-state index contributed by atoms with van der Waals surface area (Å²) < 4.78 is 32.7. The van der Waals surface area contributed by atoms with Crippen molar-refractivity contribution in [2.75, 3.05) is 12.4 Å². The van der Waals surface area contributed by atoms with Gasteiger partial charge in [0.1, 0.15) is 5.75 Å². The second kappa shape index (κ2) is 8.06. The smallest absolute Gasteiger partial charge is 0.265 e. The molecule has 1 amide bonds. The largest absolute Gasteiger partial charge is 0.478 e. The van der Waals surface area contributed by atoms with Crippen LogP contribution in [0.2, 0.25) is 0 Å². The summed E-state index contributed by atoms with van der Waals surface area (Å²) in [7, 11) is -2.23. The first-order valence-electron chi connectivity index (χ1n) is 8.89. The van der Waals surface area contributed by atoms with Crippen molar-refractivity contribution in [3.05, 3.63) is 48.3 Å². The van der Waals surface area contributed by atoms with Crippen LogP contribution < -0.4 is 10.1 Å². The molecule has 7 nitrogen and oxygen atoms in total. The number of nitrogens with zero attached hydrogens (tertiary/aromatic N) is 2. The number of carbonyl (C=O) groups excluding carboxylic acids is 1. The Bertz CT molecular complexity index is 916. The Morgan fingerprint density at radius 2 is 2.07 bits per heavy atom. The summed E-state index contributed by atoms with van der Waals surface area (Å²) in [5.41, 5.74) is 1.02. The molecule has 0 saturated heterocycles. The fourth-order valence-corrected chi connectivity index (χ4v) is 4.02. The van der Waals surface area contributed by atoms with E-state index in [9.17, 15) is 13.2 Å². The topological polar surface area (TPSA) is 88.6 Å². The number of sulfonamides is 1. The first-order valence-corrected chi connectivity index (χ1v) is 10.3. The van der Waals surface area contributed by atoms with Crippen LogP contribution in [-0.2, 0) is 21.4 Å². The number of hydrogen-bond acceptors (Lipinski definition) is 5. The second-order valence-electron chi connectivity index (χ2n) is 6.48. The number of ether oxygens (including phenoxy) is 1. The van der Waals surface area contributed by atoms with Crippen molar-refractivity contribution >= 4 is 21.6 Å². The summed E-state index contributed by atoms with van der Waals surface area (Å²) in [5.74, 6) is 0.245. The molecule has 27 heavy (non-hydrogen) atoms. The van der Waals surface area contributed by atoms with Crippen LogP contribution in [-0.4, -0.2) is 36.8 Å². The summed E-state index contributed by atoms with van der Waals surface area (Å²) in [6.45, 7) is 2.20.